The van der Waals surface area contributed by atoms with E-state index in [0.717, 1.165) is 12.1 Å². The predicted octanol–water partition coefficient (Wildman–Crippen LogP) is 4.21. The van der Waals surface area contributed by atoms with Crippen LogP contribution in [0.15, 0.2) is 18.2 Å². The first-order valence-electron chi connectivity index (χ1n) is 11.8. The Bertz CT molecular complexity index is 1190. The Morgan fingerprint density at radius 1 is 1.18 bits per heavy atom. The lowest BCUT2D eigenvalue weighted by Gasteiger charge is -2.26. The maximum absolute atomic E-state index is 13.5. The molecule has 1 aliphatic heterocycles. The third-order valence-corrected chi connectivity index (χ3v) is 6.40. The summed E-state index contributed by atoms with van der Waals surface area (Å²) < 4.78 is 83.7. The van der Waals surface area contributed by atoms with Crippen LogP contribution in [0.5, 0.6) is 0 Å². The molecule has 0 radical (unpaired) electrons. The fourth-order valence-corrected chi connectivity index (χ4v) is 4.24. The Labute approximate surface area is 215 Å². The molecular weight excluding hydrogens is 517 g/mol. The van der Waals surface area contributed by atoms with Gasteiger partial charge in [-0.15, -0.1) is 0 Å². The van der Waals surface area contributed by atoms with Crippen molar-refractivity contribution >= 4 is 17.4 Å². The van der Waals surface area contributed by atoms with E-state index < -0.39 is 48.0 Å². The van der Waals surface area contributed by atoms with E-state index >= 15 is 0 Å². The van der Waals surface area contributed by atoms with Crippen molar-refractivity contribution in [2.45, 2.75) is 63.3 Å². The van der Waals surface area contributed by atoms with Crippen molar-refractivity contribution in [3.8, 4) is 0 Å². The molecule has 4 rings (SSSR count). The first kappa shape index (κ1) is 27.9. The van der Waals surface area contributed by atoms with Crippen molar-refractivity contribution in [1.29, 1.82) is 0 Å². The number of anilines is 2. The van der Waals surface area contributed by atoms with Crippen molar-refractivity contribution in [2.75, 3.05) is 31.4 Å². The van der Waals surface area contributed by atoms with Crippen molar-refractivity contribution in [2.24, 2.45) is 0 Å². The molecule has 2 aromatic rings. The molecule has 38 heavy (non-hydrogen) atoms. The van der Waals surface area contributed by atoms with E-state index in [4.69, 9.17) is 19.9 Å². The van der Waals surface area contributed by atoms with Crippen LogP contribution in [0.1, 0.15) is 66.4 Å². The summed E-state index contributed by atoms with van der Waals surface area (Å²) in [6, 6.07) is 2.46. The van der Waals surface area contributed by atoms with Gasteiger partial charge in [-0.25, -0.2) is 18.7 Å². The molecule has 2 aliphatic rings. The number of benzene rings is 1. The quantitative estimate of drug-likeness (QED) is 0.317. The molecule has 1 aromatic heterocycles. The monoisotopic (exact) mass is 545 g/mol. The van der Waals surface area contributed by atoms with Gasteiger partial charge >= 0.3 is 6.18 Å². The number of nitrogen functional groups attached to an aromatic ring is 1. The van der Waals surface area contributed by atoms with Crippen LogP contribution in [-0.2, 0) is 25.2 Å². The maximum Gasteiger partial charge on any atom is 0.416 e. The zero-order valence-electron chi connectivity index (χ0n) is 20.9. The van der Waals surface area contributed by atoms with Gasteiger partial charge in [-0.05, 0) is 50.5 Å². The number of carbonyl (C=O) groups excluding carboxylic acids is 1. The van der Waals surface area contributed by atoms with E-state index in [2.05, 4.69) is 20.6 Å². The smallest absolute Gasteiger partial charge is 0.399 e. The van der Waals surface area contributed by atoms with Gasteiger partial charge in [0.05, 0.1) is 36.1 Å². The summed E-state index contributed by atoms with van der Waals surface area (Å²) in [6.07, 6.45) is -9.56. The number of aromatic nitrogens is 2. The lowest BCUT2D eigenvalue weighted by atomic mass is 10.0. The van der Waals surface area contributed by atoms with E-state index in [-0.39, 0.29) is 60.2 Å². The van der Waals surface area contributed by atoms with E-state index in [1.54, 1.807) is 6.92 Å². The van der Waals surface area contributed by atoms with E-state index in [9.17, 15) is 26.7 Å². The number of methoxy groups -OCH3 is 1. The van der Waals surface area contributed by atoms with Crippen LogP contribution in [0.2, 0.25) is 0 Å². The summed E-state index contributed by atoms with van der Waals surface area (Å²) in [6.45, 7) is 3.57. The molecule has 0 spiro atoms. The van der Waals surface area contributed by atoms with Crippen molar-refractivity contribution in [3.63, 3.8) is 0 Å². The average Bonchev–Trinajstić information content (AvgIpc) is 3.41. The van der Waals surface area contributed by atoms with E-state index in [0.29, 0.717) is 0 Å². The second kappa shape index (κ2) is 10.6. The first-order valence-corrected chi connectivity index (χ1v) is 11.8. The SMILES string of the molecule is COC(C(=O)NC1(C(F)F)CC1)c1nc(C)nc(N[C@H](C)c2cc(N)cc(C(F)(F)F)c2)c1C1OCCO1. The normalized spacial score (nSPS) is 18.9. The molecule has 9 nitrogen and oxygen atoms in total. The summed E-state index contributed by atoms with van der Waals surface area (Å²) in [5.41, 5.74) is 3.54. The van der Waals surface area contributed by atoms with Crippen LogP contribution in [0.25, 0.3) is 0 Å². The fraction of sp³-hybridized carbons (Fsp3) is 0.542. The number of hydrogen-bond acceptors (Lipinski definition) is 8. The number of ether oxygens (including phenoxy) is 3. The second-order valence-corrected chi connectivity index (χ2v) is 9.31. The molecular formula is C24H28F5N5O4. The number of rotatable bonds is 9. The summed E-state index contributed by atoms with van der Waals surface area (Å²) in [4.78, 5) is 21.8. The molecule has 1 unspecified atom stereocenters. The molecule has 1 amide bonds. The minimum atomic E-state index is -4.60. The lowest BCUT2D eigenvalue weighted by Crippen LogP contribution is -2.45. The number of amides is 1. The van der Waals surface area contributed by atoms with Crippen LogP contribution in [0.4, 0.5) is 33.5 Å². The Balaban J connectivity index is 1.72. The number of carbonyl (C=O) groups is 1. The topological polar surface area (TPSA) is 121 Å². The summed E-state index contributed by atoms with van der Waals surface area (Å²) >= 11 is 0. The van der Waals surface area contributed by atoms with E-state index in [1.165, 1.54) is 20.1 Å². The Morgan fingerprint density at radius 3 is 2.39 bits per heavy atom. The van der Waals surface area contributed by atoms with Crippen molar-refractivity contribution in [1.82, 2.24) is 15.3 Å². The zero-order valence-corrected chi connectivity index (χ0v) is 20.9. The molecule has 1 saturated carbocycles. The molecule has 2 heterocycles. The van der Waals surface area contributed by atoms with Gasteiger partial charge in [-0.1, -0.05) is 0 Å². The Hall–Kier alpha value is -3.10. The van der Waals surface area contributed by atoms with Crippen molar-refractivity contribution in [3.05, 3.63) is 46.4 Å². The largest absolute Gasteiger partial charge is 0.416 e. The number of halogens is 5. The first-order chi connectivity index (χ1) is 17.8. The molecule has 208 valence electrons. The van der Waals surface area contributed by atoms with Crippen LogP contribution in [-0.4, -0.2) is 48.2 Å². The standard InChI is InChI=1S/C24H28F5N5O4/c1-11(13-8-14(24(27,28)29)10-15(30)9-13)31-19-16(21-37-6-7-38-21)17(32-12(2)33-19)18(36-3)20(35)34-23(4-5-23)22(25)26/h8-11,18,21-22H,4-7,30H2,1-3H3,(H,34,35)(H,31,32,33)/t11-,18?/m1/s1. The van der Waals surface area contributed by atoms with Gasteiger partial charge in [0, 0.05) is 12.8 Å². The summed E-state index contributed by atoms with van der Waals surface area (Å²) in [7, 11) is 1.23. The van der Waals surface area contributed by atoms with Gasteiger partial charge in [0.25, 0.3) is 12.3 Å². The highest BCUT2D eigenvalue weighted by Crippen LogP contribution is 2.42. The summed E-state index contributed by atoms with van der Waals surface area (Å²) in [5.74, 6) is -0.523. The number of hydrogen-bond donors (Lipinski definition) is 3. The molecule has 1 aromatic carbocycles. The molecule has 0 bridgehead atoms. The summed E-state index contributed by atoms with van der Waals surface area (Å²) in [5, 5.41) is 5.42. The molecule has 2 fully saturated rings. The Morgan fingerprint density at radius 2 is 1.84 bits per heavy atom. The van der Waals surface area contributed by atoms with Gasteiger partial charge in [0.1, 0.15) is 17.2 Å². The van der Waals surface area contributed by atoms with Crippen LogP contribution in [0.3, 0.4) is 0 Å². The average molecular weight is 546 g/mol. The van der Waals surface area contributed by atoms with E-state index in [1.807, 2.05) is 0 Å². The predicted molar refractivity (Wildman–Crippen MR) is 125 cm³/mol. The zero-order chi connectivity index (χ0) is 27.8. The number of aryl methyl sites for hydroxylation is 1. The minimum absolute atomic E-state index is 0.0210. The highest BCUT2D eigenvalue weighted by Gasteiger charge is 2.53. The molecule has 2 atom stereocenters. The van der Waals surface area contributed by atoms with Gasteiger partial charge < -0.3 is 30.6 Å². The van der Waals surface area contributed by atoms with Gasteiger partial charge in [-0.2, -0.15) is 13.2 Å². The number of nitrogens with zero attached hydrogens (tertiary/aromatic N) is 2. The fourth-order valence-electron chi connectivity index (χ4n) is 4.24. The lowest BCUT2D eigenvalue weighted by molar-refractivity contribution is -0.137. The van der Waals surface area contributed by atoms with Crippen LogP contribution < -0.4 is 16.4 Å². The third-order valence-electron chi connectivity index (χ3n) is 6.40. The van der Waals surface area contributed by atoms with Gasteiger partial charge in [0.15, 0.2) is 12.4 Å². The maximum atomic E-state index is 13.5. The van der Waals surface area contributed by atoms with Crippen LogP contribution >= 0.6 is 0 Å². The van der Waals surface area contributed by atoms with Crippen molar-refractivity contribution < 1.29 is 41.0 Å². The third kappa shape index (κ3) is 5.81. The van der Waals surface area contributed by atoms with Gasteiger partial charge in [-0.3, -0.25) is 4.79 Å². The molecule has 1 saturated heterocycles. The molecule has 4 N–H and O–H groups in total. The Kier molecular flexibility index (Phi) is 7.77. The highest BCUT2D eigenvalue weighted by atomic mass is 19.4. The number of alkyl halides is 5. The molecule has 14 heteroatoms. The number of nitrogens with two attached hydrogens (primary N) is 1. The van der Waals surface area contributed by atoms with Crippen LogP contribution in [0, 0.1) is 6.92 Å². The van der Waals surface area contributed by atoms with Gasteiger partial charge in [0.2, 0.25) is 0 Å². The molecule has 1 aliphatic carbocycles. The number of nitrogens with one attached hydrogen (secondary N) is 2. The highest BCUT2D eigenvalue weighted by molar-refractivity contribution is 5.83. The second-order valence-electron chi connectivity index (χ2n) is 9.31. The minimum Gasteiger partial charge on any atom is -0.399 e.